The van der Waals surface area contributed by atoms with Crippen LogP contribution in [-0.4, -0.2) is 15.9 Å². The number of carbonyl (C=O) groups is 1. The molecule has 1 heterocycles. The fraction of sp³-hybridized carbons (Fsp3) is 0.636. The van der Waals surface area contributed by atoms with Crippen LogP contribution in [0.25, 0.3) is 0 Å². The zero-order valence-electron chi connectivity index (χ0n) is 8.99. The summed E-state index contributed by atoms with van der Waals surface area (Å²) in [6.45, 7) is 1.95. The molecule has 0 spiro atoms. The Labute approximate surface area is 89.5 Å². The number of nitrogens with one attached hydrogen (secondary N) is 2. The summed E-state index contributed by atoms with van der Waals surface area (Å²) < 4.78 is 0. The summed E-state index contributed by atoms with van der Waals surface area (Å²) in [5, 5.41) is 2.99. The minimum absolute atomic E-state index is 0.0203. The van der Waals surface area contributed by atoms with E-state index in [1.807, 2.05) is 6.92 Å². The van der Waals surface area contributed by atoms with Crippen molar-refractivity contribution in [2.45, 2.75) is 38.6 Å². The van der Waals surface area contributed by atoms with Crippen LogP contribution in [0.1, 0.15) is 44.5 Å². The number of nitrogens with zero attached hydrogens (tertiary/aromatic N) is 1. The average Bonchev–Trinajstić information content (AvgIpc) is 2.91. The van der Waals surface area contributed by atoms with Gasteiger partial charge in [0.25, 0.3) is 0 Å². The molecule has 1 aliphatic rings. The third-order valence-electron chi connectivity index (χ3n) is 3.01. The van der Waals surface area contributed by atoms with Gasteiger partial charge >= 0.3 is 0 Å². The third kappa shape index (κ3) is 2.37. The van der Waals surface area contributed by atoms with Crippen LogP contribution >= 0.6 is 0 Å². The maximum absolute atomic E-state index is 11.8. The summed E-state index contributed by atoms with van der Waals surface area (Å²) in [6, 6.07) is -0.0203. The Morgan fingerprint density at radius 1 is 1.60 bits per heavy atom. The van der Waals surface area contributed by atoms with E-state index in [0.29, 0.717) is 0 Å². The highest BCUT2D eigenvalue weighted by Gasteiger charge is 2.24. The van der Waals surface area contributed by atoms with Gasteiger partial charge in [0.15, 0.2) is 0 Å². The number of amides is 1. The minimum atomic E-state index is -0.0203. The van der Waals surface area contributed by atoms with Crippen LogP contribution in [-0.2, 0) is 4.79 Å². The van der Waals surface area contributed by atoms with Crippen LogP contribution in [0.15, 0.2) is 12.4 Å². The Balaban J connectivity index is 1.88. The van der Waals surface area contributed by atoms with Gasteiger partial charge in [-0.3, -0.25) is 4.79 Å². The fourth-order valence-corrected chi connectivity index (χ4v) is 2.10. The topological polar surface area (TPSA) is 57.8 Å². The highest BCUT2D eigenvalue weighted by Crippen LogP contribution is 2.25. The van der Waals surface area contributed by atoms with E-state index < -0.39 is 0 Å². The number of imidazole rings is 1. The van der Waals surface area contributed by atoms with Gasteiger partial charge in [-0.2, -0.15) is 0 Å². The molecule has 2 N–H and O–H groups in total. The van der Waals surface area contributed by atoms with Crippen molar-refractivity contribution >= 4 is 5.91 Å². The molecule has 4 nitrogen and oxygen atoms in total. The first-order chi connectivity index (χ1) is 7.27. The Bertz CT molecular complexity index is 315. The largest absolute Gasteiger partial charge is 0.347 e. The summed E-state index contributed by atoms with van der Waals surface area (Å²) in [5.74, 6) is 1.22. The first-order valence-electron chi connectivity index (χ1n) is 5.57. The standard InChI is InChI=1S/C11H17N3O/c1-8(10-12-6-7-13-10)14-11(15)9-4-2-3-5-9/h6-9H,2-5H2,1H3,(H,12,13)(H,14,15). The van der Waals surface area contributed by atoms with E-state index >= 15 is 0 Å². The molecule has 82 valence electrons. The van der Waals surface area contributed by atoms with E-state index in [2.05, 4.69) is 15.3 Å². The maximum atomic E-state index is 11.8. The van der Waals surface area contributed by atoms with Gasteiger partial charge in [-0.25, -0.2) is 4.98 Å². The van der Waals surface area contributed by atoms with Crippen LogP contribution in [0.5, 0.6) is 0 Å². The molecule has 0 aliphatic heterocycles. The highest BCUT2D eigenvalue weighted by atomic mass is 16.1. The molecule has 1 aromatic rings. The Hall–Kier alpha value is -1.32. The number of aromatic amines is 1. The molecular formula is C11H17N3O. The monoisotopic (exact) mass is 207 g/mol. The van der Waals surface area contributed by atoms with Gasteiger partial charge in [0.1, 0.15) is 5.82 Å². The second-order valence-corrected chi connectivity index (χ2v) is 4.19. The molecular weight excluding hydrogens is 190 g/mol. The van der Waals surface area contributed by atoms with Gasteiger partial charge in [-0.05, 0) is 19.8 Å². The third-order valence-corrected chi connectivity index (χ3v) is 3.01. The molecule has 1 atom stereocenters. The molecule has 1 fully saturated rings. The second kappa shape index (κ2) is 4.47. The average molecular weight is 207 g/mol. The predicted molar refractivity (Wildman–Crippen MR) is 57.1 cm³/mol. The van der Waals surface area contributed by atoms with Crippen molar-refractivity contribution < 1.29 is 4.79 Å². The van der Waals surface area contributed by atoms with E-state index in [0.717, 1.165) is 18.7 Å². The summed E-state index contributed by atoms with van der Waals surface area (Å²) >= 11 is 0. The lowest BCUT2D eigenvalue weighted by molar-refractivity contribution is -0.125. The number of carbonyl (C=O) groups excluding carboxylic acids is 1. The van der Waals surface area contributed by atoms with E-state index in [9.17, 15) is 4.79 Å². The maximum Gasteiger partial charge on any atom is 0.223 e. The van der Waals surface area contributed by atoms with Crippen molar-refractivity contribution in [2.24, 2.45) is 5.92 Å². The summed E-state index contributed by atoms with van der Waals surface area (Å²) in [7, 11) is 0. The Kier molecular flexibility index (Phi) is 3.04. The highest BCUT2D eigenvalue weighted by molar-refractivity contribution is 5.79. The second-order valence-electron chi connectivity index (χ2n) is 4.19. The lowest BCUT2D eigenvalue weighted by atomic mass is 10.1. The van der Waals surface area contributed by atoms with Crippen LogP contribution in [0.3, 0.4) is 0 Å². The smallest absolute Gasteiger partial charge is 0.223 e. The van der Waals surface area contributed by atoms with Crippen molar-refractivity contribution in [3.8, 4) is 0 Å². The van der Waals surface area contributed by atoms with Crippen LogP contribution < -0.4 is 5.32 Å². The zero-order chi connectivity index (χ0) is 10.7. The van der Waals surface area contributed by atoms with Crippen molar-refractivity contribution in [1.29, 1.82) is 0 Å². The summed E-state index contributed by atoms with van der Waals surface area (Å²) in [5.41, 5.74) is 0. The number of hydrogen-bond donors (Lipinski definition) is 2. The molecule has 0 aromatic carbocycles. The van der Waals surface area contributed by atoms with Crippen molar-refractivity contribution in [3.05, 3.63) is 18.2 Å². The number of hydrogen-bond acceptors (Lipinski definition) is 2. The normalized spacial score (nSPS) is 19.0. The molecule has 1 aliphatic carbocycles. The van der Waals surface area contributed by atoms with Crippen molar-refractivity contribution in [2.75, 3.05) is 0 Å². The molecule has 0 bridgehead atoms. The predicted octanol–water partition coefficient (Wildman–Crippen LogP) is 1.78. The van der Waals surface area contributed by atoms with E-state index in [-0.39, 0.29) is 17.9 Å². The van der Waals surface area contributed by atoms with E-state index in [4.69, 9.17) is 0 Å². The molecule has 0 saturated heterocycles. The van der Waals surface area contributed by atoms with Gasteiger partial charge < -0.3 is 10.3 Å². The minimum Gasteiger partial charge on any atom is -0.347 e. The van der Waals surface area contributed by atoms with Crippen molar-refractivity contribution in [3.63, 3.8) is 0 Å². The fourth-order valence-electron chi connectivity index (χ4n) is 2.10. The molecule has 1 aromatic heterocycles. The Morgan fingerprint density at radius 2 is 2.33 bits per heavy atom. The SMILES string of the molecule is CC(NC(=O)C1CCCC1)c1ncc[nH]1. The zero-order valence-corrected chi connectivity index (χ0v) is 8.99. The number of rotatable bonds is 3. The molecule has 1 amide bonds. The first kappa shape index (κ1) is 10.2. The van der Waals surface area contributed by atoms with Gasteiger partial charge in [-0.15, -0.1) is 0 Å². The number of aromatic nitrogens is 2. The van der Waals surface area contributed by atoms with Crippen LogP contribution in [0, 0.1) is 5.92 Å². The lowest BCUT2D eigenvalue weighted by Gasteiger charge is -2.14. The van der Waals surface area contributed by atoms with Gasteiger partial charge in [0.2, 0.25) is 5.91 Å². The van der Waals surface area contributed by atoms with Crippen LogP contribution in [0.4, 0.5) is 0 Å². The van der Waals surface area contributed by atoms with Crippen LogP contribution in [0.2, 0.25) is 0 Å². The molecule has 15 heavy (non-hydrogen) atoms. The number of H-pyrrole nitrogens is 1. The summed E-state index contributed by atoms with van der Waals surface area (Å²) in [6.07, 6.45) is 7.93. The molecule has 2 rings (SSSR count). The lowest BCUT2D eigenvalue weighted by Crippen LogP contribution is -2.32. The van der Waals surface area contributed by atoms with Gasteiger partial charge in [0, 0.05) is 18.3 Å². The summed E-state index contributed by atoms with van der Waals surface area (Å²) in [4.78, 5) is 18.9. The van der Waals surface area contributed by atoms with Crippen molar-refractivity contribution in [1.82, 2.24) is 15.3 Å². The van der Waals surface area contributed by atoms with E-state index in [1.165, 1.54) is 12.8 Å². The molecule has 1 saturated carbocycles. The first-order valence-corrected chi connectivity index (χ1v) is 5.57. The van der Waals surface area contributed by atoms with Gasteiger partial charge in [-0.1, -0.05) is 12.8 Å². The van der Waals surface area contributed by atoms with E-state index in [1.54, 1.807) is 12.4 Å². The molecule has 1 unspecified atom stereocenters. The molecule has 0 radical (unpaired) electrons. The Morgan fingerprint density at radius 3 is 2.93 bits per heavy atom. The van der Waals surface area contributed by atoms with Gasteiger partial charge in [0.05, 0.1) is 6.04 Å². The molecule has 4 heteroatoms. The quantitative estimate of drug-likeness (QED) is 0.793.